The fraction of sp³-hybridized carbons (Fsp3) is 0.300. The summed E-state index contributed by atoms with van der Waals surface area (Å²) in [5.74, 6) is 0.112. The minimum atomic E-state index is 0.112. The van der Waals surface area contributed by atoms with Gasteiger partial charge >= 0.3 is 0 Å². The van der Waals surface area contributed by atoms with Gasteiger partial charge in [0.25, 0.3) is 0 Å². The molecule has 0 spiro atoms. The number of fused-ring (bicyclic) bond motifs is 1. The van der Waals surface area contributed by atoms with Crippen LogP contribution < -0.4 is 5.32 Å². The van der Waals surface area contributed by atoms with Crippen LogP contribution in [0.3, 0.4) is 0 Å². The van der Waals surface area contributed by atoms with Crippen LogP contribution in [-0.4, -0.2) is 5.91 Å². The van der Waals surface area contributed by atoms with E-state index in [2.05, 4.69) is 24.4 Å². The highest BCUT2D eigenvalue weighted by Crippen LogP contribution is 2.23. The third-order valence-electron chi connectivity index (χ3n) is 2.17. The quantitative estimate of drug-likeness (QED) is 0.575. The van der Waals surface area contributed by atoms with Crippen molar-refractivity contribution >= 4 is 5.91 Å². The zero-order valence-corrected chi connectivity index (χ0v) is 7.05. The molecule has 2 aliphatic rings. The Labute approximate surface area is 71.7 Å². The summed E-state index contributed by atoms with van der Waals surface area (Å²) in [7, 11) is 0. The molecule has 1 fully saturated rings. The first-order valence-electron chi connectivity index (χ1n) is 4.12. The highest BCUT2D eigenvalue weighted by molar-refractivity contribution is 5.87. The number of hydrogen-bond acceptors (Lipinski definition) is 1. The van der Waals surface area contributed by atoms with Crippen molar-refractivity contribution in [1.29, 1.82) is 0 Å². The molecule has 0 bridgehead atoms. The summed E-state index contributed by atoms with van der Waals surface area (Å²) in [5.41, 5.74) is 3.46. The van der Waals surface area contributed by atoms with Gasteiger partial charge in [0.1, 0.15) is 0 Å². The average Bonchev–Trinajstić information content (AvgIpc) is 2.31. The molecule has 1 amide bonds. The van der Waals surface area contributed by atoms with E-state index in [1.54, 1.807) is 0 Å². The van der Waals surface area contributed by atoms with Crippen LogP contribution in [0.1, 0.15) is 19.8 Å². The maximum atomic E-state index is 11.0. The first kappa shape index (κ1) is 7.35. The van der Waals surface area contributed by atoms with Gasteiger partial charge < -0.3 is 5.32 Å². The van der Waals surface area contributed by atoms with Gasteiger partial charge in [-0.1, -0.05) is 23.8 Å². The minimum Gasteiger partial charge on any atom is -0.326 e. The summed E-state index contributed by atoms with van der Waals surface area (Å²) in [6.07, 6.45) is 7.67. The zero-order chi connectivity index (χ0) is 8.55. The normalized spacial score (nSPS) is 21.8. The Morgan fingerprint density at radius 1 is 1.42 bits per heavy atom. The van der Waals surface area contributed by atoms with Crippen molar-refractivity contribution in [3.05, 3.63) is 35.1 Å². The fourth-order valence-corrected chi connectivity index (χ4v) is 1.45. The number of rotatable bonds is 0. The van der Waals surface area contributed by atoms with Crippen molar-refractivity contribution in [2.24, 2.45) is 0 Å². The molecule has 2 nitrogen and oxygen atoms in total. The van der Waals surface area contributed by atoms with E-state index in [-0.39, 0.29) is 5.91 Å². The molecule has 0 saturated carbocycles. The van der Waals surface area contributed by atoms with E-state index < -0.39 is 0 Å². The molecule has 0 unspecified atom stereocenters. The molecule has 0 atom stereocenters. The van der Waals surface area contributed by atoms with Crippen LogP contribution in [0.15, 0.2) is 35.1 Å². The van der Waals surface area contributed by atoms with Crippen LogP contribution in [0.5, 0.6) is 0 Å². The average molecular weight is 161 g/mol. The van der Waals surface area contributed by atoms with Crippen LogP contribution in [0.4, 0.5) is 0 Å². The Kier molecular flexibility index (Phi) is 1.61. The molecule has 1 aliphatic carbocycles. The van der Waals surface area contributed by atoms with E-state index in [0.29, 0.717) is 6.42 Å². The van der Waals surface area contributed by atoms with Crippen molar-refractivity contribution in [3.8, 4) is 0 Å². The van der Waals surface area contributed by atoms with Gasteiger partial charge in [-0.15, -0.1) is 0 Å². The van der Waals surface area contributed by atoms with Gasteiger partial charge in [0.05, 0.1) is 6.42 Å². The second-order valence-electron chi connectivity index (χ2n) is 3.25. The van der Waals surface area contributed by atoms with Gasteiger partial charge in [-0.25, -0.2) is 0 Å². The van der Waals surface area contributed by atoms with Crippen molar-refractivity contribution < 1.29 is 4.79 Å². The van der Waals surface area contributed by atoms with Crippen molar-refractivity contribution in [1.82, 2.24) is 5.32 Å². The molecule has 12 heavy (non-hydrogen) atoms. The summed E-state index contributed by atoms with van der Waals surface area (Å²) < 4.78 is 0. The van der Waals surface area contributed by atoms with Crippen LogP contribution in [0.25, 0.3) is 0 Å². The Bertz CT molecular complexity index is 321. The highest BCUT2D eigenvalue weighted by Gasteiger charge is 2.20. The van der Waals surface area contributed by atoms with E-state index in [0.717, 1.165) is 17.7 Å². The van der Waals surface area contributed by atoms with Gasteiger partial charge in [0.15, 0.2) is 0 Å². The molecule has 1 N–H and O–H groups in total. The number of allylic oxidation sites excluding steroid dienone is 5. The number of nitrogens with one attached hydrogen (secondary N) is 1. The maximum absolute atomic E-state index is 11.0. The standard InChI is InChI=1S/C10H11NO/c1-7-2-4-8-6-10(12)11-9(8)5-3-7/h2,4-5H,3,6H2,1H3,(H,11,12). The number of carbonyl (C=O) groups is 1. The van der Waals surface area contributed by atoms with Crippen LogP contribution in [0, 0.1) is 0 Å². The van der Waals surface area contributed by atoms with E-state index >= 15 is 0 Å². The molecule has 62 valence electrons. The molecular weight excluding hydrogens is 150 g/mol. The monoisotopic (exact) mass is 161 g/mol. The maximum Gasteiger partial charge on any atom is 0.228 e. The van der Waals surface area contributed by atoms with Crippen LogP contribution in [-0.2, 0) is 4.79 Å². The Balaban J connectivity index is 2.36. The third kappa shape index (κ3) is 1.20. The third-order valence-corrected chi connectivity index (χ3v) is 2.17. The lowest BCUT2D eigenvalue weighted by molar-refractivity contribution is -0.118. The fourth-order valence-electron chi connectivity index (χ4n) is 1.45. The second-order valence-corrected chi connectivity index (χ2v) is 3.25. The first-order valence-corrected chi connectivity index (χ1v) is 4.12. The Morgan fingerprint density at radius 2 is 2.25 bits per heavy atom. The lowest BCUT2D eigenvalue weighted by atomic mass is 10.2. The highest BCUT2D eigenvalue weighted by atomic mass is 16.1. The SMILES string of the molecule is CC1=CC=C2CC(=O)NC2=CC1. The molecular formula is C10H11NO. The largest absolute Gasteiger partial charge is 0.326 e. The predicted octanol–water partition coefficient (Wildman–Crippen LogP) is 1.67. The van der Waals surface area contributed by atoms with E-state index in [4.69, 9.17) is 0 Å². The topological polar surface area (TPSA) is 29.1 Å². The molecule has 1 heterocycles. The first-order chi connectivity index (χ1) is 5.75. The molecule has 0 aromatic heterocycles. The summed E-state index contributed by atoms with van der Waals surface area (Å²) in [5, 5.41) is 2.84. The van der Waals surface area contributed by atoms with Crippen LogP contribution >= 0.6 is 0 Å². The summed E-state index contributed by atoms with van der Waals surface area (Å²) in [6.45, 7) is 2.09. The van der Waals surface area contributed by atoms with E-state index in [9.17, 15) is 4.79 Å². The van der Waals surface area contributed by atoms with Gasteiger partial charge in [-0.2, -0.15) is 0 Å². The number of hydrogen-bond donors (Lipinski definition) is 1. The lowest BCUT2D eigenvalue weighted by Crippen LogP contribution is -2.11. The van der Waals surface area contributed by atoms with E-state index in [1.807, 2.05) is 6.08 Å². The summed E-state index contributed by atoms with van der Waals surface area (Å²) >= 11 is 0. The van der Waals surface area contributed by atoms with Crippen LogP contribution in [0.2, 0.25) is 0 Å². The van der Waals surface area contributed by atoms with E-state index in [1.165, 1.54) is 5.57 Å². The lowest BCUT2D eigenvalue weighted by Gasteiger charge is -1.95. The second kappa shape index (κ2) is 2.63. The molecule has 2 heteroatoms. The summed E-state index contributed by atoms with van der Waals surface area (Å²) in [4.78, 5) is 11.0. The summed E-state index contributed by atoms with van der Waals surface area (Å²) in [6, 6.07) is 0. The van der Waals surface area contributed by atoms with Gasteiger partial charge in [-0.05, 0) is 18.9 Å². The molecule has 0 aromatic carbocycles. The predicted molar refractivity (Wildman–Crippen MR) is 47.3 cm³/mol. The molecule has 1 saturated heterocycles. The number of carbonyl (C=O) groups excluding carboxylic acids is 1. The molecule has 2 rings (SSSR count). The molecule has 0 aromatic rings. The molecule has 0 radical (unpaired) electrons. The van der Waals surface area contributed by atoms with Gasteiger partial charge in [-0.3, -0.25) is 4.79 Å². The molecule has 1 aliphatic heterocycles. The van der Waals surface area contributed by atoms with Crippen molar-refractivity contribution in [2.45, 2.75) is 19.8 Å². The smallest absolute Gasteiger partial charge is 0.228 e. The zero-order valence-electron chi connectivity index (χ0n) is 7.05. The van der Waals surface area contributed by atoms with Crippen molar-refractivity contribution in [2.75, 3.05) is 0 Å². The Morgan fingerprint density at radius 3 is 3.08 bits per heavy atom. The van der Waals surface area contributed by atoms with Gasteiger partial charge in [0, 0.05) is 5.70 Å². The number of amides is 1. The van der Waals surface area contributed by atoms with Crippen molar-refractivity contribution in [3.63, 3.8) is 0 Å². The Hall–Kier alpha value is -1.31. The minimum absolute atomic E-state index is 0.112. The van der Waals surface area contributed by atoms with Gasteiger partial charge in [0.2, 0.25) is 5.91 Å².